The molecule has 0 amide bonds. The minimum atomic E-state index is 0.501. The molecular weight excluding hydrogens is 240 g/mol. The Hall–Kier alpha value is -2.67. The van der Waals surface area contributed by atoms with E-state index in [0.29, 0.717) is 28.5 Å². The second-order valence-electron chi connectivity index (χ2n) is 4.09. The quantitative estimate of drug-likeness (QED) is 0.854. The lowest BCUT2D eigenvalue weighted by molar-refractivity contribution is 0.413. The fourth-order valence-electron chi connectivity index (χ4n) is 1.70. The van der Waals surface area contributed by atoms with Gasteiger partial charge in [-0.15, -0.1) is 0 Å². The minimum absolute atomic E-state index is 0.501. The topological polar surface area (TPSA) is 68.3 Å². The van der Waals surface area contributed by atoms with Crippen molar-refractivity contribution in [2.45, 2.75) is 6.92 Å². The molecule has 0 unspecified atom stereocenters. The van der Waals surface area contributed by atoms with E-state index in [1.54, 1.807) is 37.4 Å². The van der Waals surface area contributed by atoms with Gasteiger partial charge in [-0.3, -0.25) is 0 Å². The van der Waals surface area contributed by atoms with Crippen molar-refractivity contribution in [3.63, 3.8) is 0 Å². The first-order chi connectivity index (χ1) is 9.13. The Balaban J connectivity index is 2.26. The maximum atomic E-state index is 8.88. The van der Waals surface area contributed by atoms with Gasteiger partial charge in [0.15, 0.2) is 5.75 Å². The highest BCUT2D eigenvalue weighted by molar-refractivity contribution is 5.57. The average Bonchev–Trinajstić information content (AvgIpc) is 2.41. The molecular formula is C15H14N2O2. The number of aryl methyl sites for hydroxylation is 1. The van der Waals surface area contributed by atoms with Gasteiger partial charge in [-0.25, -0.2) is 0 Å². The summed E-state index contributed by atoms with van der Waals surface area (Å²) in [5.41, 5.74) is 7.88. The Kier molecular flexibility index (Phi) is 3.58. The largest absolute Gasteiger partial charge is 0.497 e. The highest BCUT2D eigenvalue weighted by Gasteiger charge is 2.05. The number of hydrogen-bond donors (Lipinski definition) is 1. The van der Waals surface area contributed by atoms with Gasteiger partial charge < -0.3 is 15.2 Å². The van der Waals surface area contributed by atoms with Gasteiger partial charge in [-0.1, -0.05) is 0 Å². The molecule has 0 aromatic heterocycles. The van der Waals surface area contributed by atoms with Crippen LogP contribution in [-0.2, 0) is 0 Å². The summed E-state index contributed by atoms with van der Waals surface area (Å²) >= 11 is 0. The molecule has 0 spiro atoms. The van der Waals surface area contributed by atoms with Crippen LogP contribution in [0, 0.1) is 18.3 Å². The monoisotopic (exact) mass is 254 g/mol. The van der Waals surface area contributed by atoms with Gasteiger partial charge in [0.2, 0.25) is 0 Å². The number of rotatable bonds is 3. The zero-order valence-electron chi connectivity index (χ0n) is 10.8. The number of methoxy groups -OCH3 is 1. The molecule has 0 bridgehead atoms. The van der Waals surface area contributed by atoms with Gasteiger partial charge in [0.1, 0.15) is 11.5 Å². The van der Waals surface area contributed by atoms with Gasteiger partial charge in [-0.05, 0) is 42.8 Å². The van der Waals surface area contributed by atoms with E-state index in [0.717, 1.165) is 5.56 Å². The number of nitrogens with two attached hydrogens (primary N) is 1. The average molecular weight is 254 g/mol. The van der Waals surface area contributed by atoms with E-state index in [2.05, 4.69) is 6.07 Å². The van der Waals surface area contributed by atoms with Crippen LogP contribution in [0.2, 0.25) is 0 Å². The number of nitrogens with zero attached hydrogens (tertiary/aromatic N) is 1. The SMILES string of the molecule is COc1ccc(Oc2ccc(C#N)c(C)c2)c(N)c1. The molecule has 96 valence electrons. The molecule has 2 rings (SSSR count). The first kappa shape index (κ1) is 12.8. The Bertz CT molecular complexity index is 645. The van der Waals surface area contributed by atoms with Crippen molar-refractivity contribution in [3.8, 4) is 23.3 Å². The smallest absolute Gasteiger partial charge is 0.150 e. The third-order valence-electron chi connectivity index (χ3n) is 2.76. The van der Waals surface area contributed by atoms with E-state index in [-0.39, 0.29) is 0 Å². The molecule has 4 nitrogen and oxygen atoms in total. The molecule has 0 radical (unpaired) electrons. The Morgan fingerprint density at radius 1 is 1.11 bits per heavy atom. The van der Waals surface area contributed by atoms with Gasteiger partial charge in [0.25, 0.3) is 0 Å². The molecule has 2 N–H and O–H groups in total. The van der Waals surface area contributed by atoms with Crippen molar-refractivity contribution in [1.29, 1.82) is 5.26 Å². The van der Waals surface area contributed by atoms with Crippen molar-refractivity contribution in [3.05, 3.63) is 47.5 Å². The zero-order valence-corrected chi connectivity index (χ0v) is 10.8. The first-order valence-electron chi connectivity index (χ1n) is 5.76. The fraction of sp³-hybridized carbons (Fsp3) is 0.133. The highest BCUT2D eigenvalue weighted by atomic mass is 16.5. The maximum Gasteiger partial charge on any atom is 0.150 e. The van der Waals surface area contributed by atoms with Gasteiger partial charge in [-0.2, -0.15) is 5.26 Å². The van der Waals surface area contributed by atoms with Crippen LogP contribution in [0.25, 0.3) is 0 Å². The summed E-state index contributed by atoms with van der Waals surface area (Å²) in [7, 11) is 1.58. The van der Waals surface area contributed by atoms with Crippen LogP contribution >= 0.6 is 0 Å². The summed E-state index contributed by atoms with van der Waals surface area (Å²) in [6, 6.07) is 12.6. The summed E-state index contributed by atoms with van der Waals surface area (Å²) in [6.45, 7) is 1.86. The minimum Gasteiger partial charge on any atom is -0.497 e. The summed E-state index contributed by atoms with van der Waals surface area (Å²) in [6.07, 6.45) is 0. The van der Waals surface area contributed by atoms with Crippen LogP contribution in [0.1, 0.15) is 11.1 Å². The lowest BCUT2D eigenvalue weighted by Gasteiger charge is -2.10. The lowest BCUT2D eigenvalue weighted by atomic mass is 10.1. The molecule has 2 aromatic carbocycles. The van der Waals surface area contributed by atoms with Crippen molar-refractivity contribution in [2.24, 2.45) is 0 Å². The molecule has 0 heterocycles. The van der Waals surface area contributed by atoms with Gasteiger partial charge in [0, 0.05) is 6.07 Å². The van der Waals surface area contributed by atoms with Crippen LogP contribution in [0.15, 0.2) is 36.4 Å². The van der Waals surface area contributed by atoms with Gasteiger partial charge in [0.05, 0.1) is 24.4 Å². The maximum absolute atomic E-state index is 8.88. The summed E-state index contributed by atoms with van der Waals surface area (Å²) < 4.78 is 10.8. The molecule has 19 heavy (non-hydrogen) atoms. The van der Waals surface area contributed by atoms with E-state index in [1.165, 1.54) is 0 Å². The van der Waals surface area contributed by atoms with E-state index in [1.807, 2.05) is 13.0 Å². The third-order valence-corrected chi connectivity index (χ3v) is 2.76. The van der Waals surface area contributed by atoms with E-state index < -0.39 is 0 Å². The van der Waals surface area contributed by atoms with Crippen molar-refractivity contribution in [1.82, 2.24) is 0 Å². The number of anilines is 1. The number of benzene rings is 2. The molecule has 0 aliphatic heterocycles. The van der Waals surface area contributed by atoms with Crippen molar-refractivity contribution in [2.75, 3.05) is 12.8 Å². The molecule has 0 aliphatic carbocycles. The number of nitrogen functional groups attached to an aromatic ring is 1. The third kappa shape index (κ3) is 2.78. The zero-order chi connectivity index (χ0) is 13.8. The van der Waals surface area contributed by atoms with Crippen LogP contribution in [0.4, 0.5) is 5.69 Å². The van der Waals surface area contributed by atoms with Crippen LogP contribution in [0.3, 0.4) is 0 Å². The number of nitriles is 1. The summed E-state index contributed by atoms with van der Waals surface area (Å²) in [4.78, 5) is 0. The van der Waals surface area contributed by atoms with Gasteiger partial charge >= 0.3 is 0 Å². The highest BCUT2D eigenvalue weighted by Crippen LogP contribution is 2.31. The Morgan fingerprint density at radius 2 is 1.84 bits per heavy atom. The molecule has 0 aliphatic rings. The molecule has 2 aromatic rings. The van der Waals surface area contributed by atoms with Crippen molar-refractivity contribution >= 4 is 5.69 Å². The standard InChI is InChI=1S/C15H14N2O2/c1-10-7-13(4-3-11(10)9-16)19-15-6-5-12(18-2)8-14(15)17/h3-8H,17H2,1-2H3. The normalized spacial score (nSPS) is 9.74. The van der Waals surface area contributed by atoms with E-state index >= 15 is 0 Å². The molecule has 0 saturated carbocycles. The molecule has 4 heteroatoms. The Labute approximate surface area is 112 Å². The van der Waals surface area contributed by atoms with Crippen molar-refractivity contribution < 1.29 is 9.47 Å². The van der Waals surface area contributed by atoms with Crippen LogP contribution in [-0.4, -0.2) is 7.11 Å². The summed E-state index contributed by atoms with van der Waals surface area (Å²) in [5.74, 6) is 1.89. The number of hydrogen-bond acceptors (Lipinski definition) is 4. The fourth-order valence-corrected chi connectivity index (χ4v) is 1.70. The lowest BCUT2D eigenvalue weighted by Crippen LogP contribution is -1.94. The Morgan fingerprint density at radius 3 is 2.42 bits per heavy atom. The van der Waals surface area contributed by atoms with Crippen LogP contribution < -0.4 is 15.2 Å². The molecule has 0 atom stereocenters. The van der Waals surface area contributed by atoms with E-state index in [9.17, 15) is 0 Å². The molecule has 0 saturated heterocycles. The molecule has 0 fully saturated rings. The van der Waals surface area contributed by atoms with Crippen LogP contribution in [0.5, 0.6) is 17.2 Å². The van der Waals surface area contributed by atoms with E-state index in [4.69, 9.17) is 20.5 Å². The predicted molar refractivity (Wildman–Crippen MR) is 73.4 cm³/mol. The second-order valence-corrected chi connectivity index (χ2v) is 4.09. The summed E-state index contributed by atoms with van der Waals surface area (Å²) in [5, 5.41) is 8.88. The predicted octanol–water partition coefficient (Wildman–Crippen LogP) is 3.25. The first-order valence-corrected chi connectivity index (χ1v) is 5.76. The second kappa shape index (κ2) is 5.32. The number of ether oxygens (including phenoxy) is 2.